The number of hydrogen-bond acceptors (Lipinski definition) is 6. The van der Waals surface area contributed by atoms with Crippen molar-refractivity contribution in [1.82, 2.24) is 15.0 Å². The molecule has 2 atom stereocenters. The monoisotopic (exact) mass is 521 g/mol. The van der Waals surface area contributed by atoms with E-state index in [1.165, 1.54) is 0 Å². The Morgan fingerprint density at radius 1 is 1.24 bits per heavy atom. The Labute approximate surface area is 223 Å². The zero-order valence-electron chi connectivity index (χ0n) is 22.2. The fourth-order valence-corrected chi connectivity index (χ4v) is 5.60. The van der Waals surface area contributed by atoms with Crippen molar-refractivity contribution in [2.75, 3.05) is 31.1 Å². The Balaban J connectivity index is 1.11. The van der Waals surface area contributed by atoms with Gasteiger partial charge in [0.05, 0.1) is 6.61 Å². The molecule has 0 radical (unpaired) electrons. The van der Waals surface area contributed by atoms with Crippen LogP contribution in [0.2, 0.25) is 0 Å². The third-order valence-electron chi connectivity index (χ3n) is 8.02. The van der Waals surface area contributed by atoms with Crippen molar-refractivity contribution in [3.63, 3.8) is 0 Å². The van der Waals surface area contributed by atoms with Gasteiger partial charge in [-0.15, -0.1) is 0 Å². The van der Waals surface area contributed by atoms with Crippen molar-refractivity contribution in [3.8, 4) is 5.75 Å². The van der Waals surface area contributed by atoms with Crippen LogP contribution < -0.4 is 9.64 Å². The second kappa shape index (κ2) is 11.5. The predicted molar refractivity (Wildman–Crippen MR) is 142 cm³/mol. The summed E-state index contributed by atoms with van der Waals surface area (Å²) in [6, 6.07) is 5.75. The van der Waals surface area contributed by atoms with Crippen LogP contribution in [0.15, 0.2) is 28.8 Å². The van der Waals surface area contributed by atoms with Crippen molar-refractivity contribution in [2.24, 2.45) is 11.8 Å². The molecule has 1 aromatic heterocycles. The third-order valence-corrected chi connectivity index (χ3v) is 8.02. The lowest BCUT2D eigenvalue weighted by Crippen LogP contribution is -2.38. The van der Waals surface area contributed by atoms with E-state index in [0.717, 1.165) is 68.6 Å². The highest BCUT2D eigenvalue weighted by atomic mass is 19.1. The molecule has 1 unspecified atom stereocenters. The number of carbonyl (C=O) groups is 1. The van der Waals surface area contributed by atoms with Gasteiger partial charge in [0.1, 0.15) is 0 Å². The Hall–Kier alpha value is -3.41. The first-order valence-corrected chi connectivity index (χ1v) is 13.8. The summed E-state index contributed by atoms with van der Waals surface area (Å²) < 4.78 is 26.2. The van der Waals surface area contributed by atoms with Gasteiger partial charge in [0, 0.05) is 37.9 Å². The number of halogens is 1. The maximum Gasteiger partial charge on any atom is 0.324 e. The van der Waals surface area contributed by atoms with Crippen LogP contribution >= 0.6 is 0 Å². The van der Waals surface area contributed by atoms with Gasteiger partial charge in [-0.3, -0.25) is 14.5 Å². The van der Waals surface area contributed by atoms with Gasteiger partial charge in [-0.05, 0) is 67.7 Å². The molecule has 3 heterocycles. The molecule has 0 saturated carbocycles. The topological polar surface area (TPSA) is 76.1 Å². The fraction of sp³-hybridized carbons (Fsp3) is 0.586. The highest BCUT2D eigenvalue weighted by molar-refractivity contribution is 5.81. The van der Waals surface area contributed by atoms with Gasteiger partial charge in [0.25, 0.3) is 0 Å². The summed E-state index contributed by atoms with van der Waals surface area (Å²) in [4.78, 5) is 24.8. The lowest BCUT2D eigenvalue weighted by Gasteiger charge is -2.30. The number of ether oxygens (including phenoxy) is 1. The van der Waals surface area contributed by atoms with Crippen molar-refractivity contribution in [2.45, 2.75) is 70.9 Å². The minimum Gasteiger partial charge on any atom is -0.490 e. The van der Waals surface area contributed by atoms with E-state index in [2.05, 4.69) is 26.0 Å². The van der Waals surface area contributed by atoms with E-state index in [0.29, 0.717) is 31.5 Å². The van der Waals surface area contributed by atoms with Gasteiger partial charge in [0.2, 0.25) is 5.91 Å². The summed E-state index contributed by atoms with van der Waals surface area (Å²) in [5, 5.41) is 4.05. The first-order chi connectivity index (χ1) is 18.4. The molecule has 0 bridgehead atoms. The van der Waals surface area contributed by atoms with E-state index < -0.39 is 0 Å². The largest absolute Gasteiger partial charge is 0.490 e. The number of amides is 1. The van der Waals surface area contributed by atoms with E-state index in [4.69, 9.17) is 15.8 Å². The Morgan fingerprint density at radius 3 is 2.71 bits per heavy atom. The van der Waals surface area contributed by atoms with E-state index in [-0.39, 0.29) is 35.5 Å². The predicted octanol–water partition coefficient (Wildman–Crippen LogP) is 5.68. The number of hydrogen-bond donors (Lipinski definition) is 0. The zero-order valence-corrected chi connectivity index (χ0v) is 22.2. The van der Waals surface area contributed by atoms with Gasteiger partial charge in [-0.2, -0.15) is 4.98 Å². The second-order valence-electron chi connectivity index (χ2n) is 11.0. The molecule has 0 spiro atoms. The average molecular weight is 522 g/mol. The van der Waals surface area contributed by atoms with E-state index in [9.17, 15) is 9.18 Å². The average Bonchev–Trinajstić information content (AvgIpc) is 3.63. The molecule has 1 aromatic carbocycles. The van der Waals surface area contributed by atoms with Crippen LogP contribution in [0.4, 0.5) is 10.4 Å². The number of anilines is 1. The van der Waals surface area contributed by atoms with Crippen LogP contribution in [-0.2, 0) is 4.79 Å². The lowest BCUT2D eigenvalue weighted by molar-refractivity contribution is -0.135. The van der Waals surface area contributed by atoms with Crippen LogP contribution in [0.3, 0.4) is 0 Å². The summed E-state index contributed by atoms with van der Waals surface area (Å²) in [5.41, 5.74) is 1.91. The van der Waals surface area contributed by atoms with Gasteiger partial charge in [0.15, 0.2) is 17.4 Å². The number of carbonyl (C=O) groups excluding carboxylic acids is 1. The molecule has 2 fully saturated rings. The highest BCUT2D eigenvalue weighted by Gasteiger charge is 2.37. The SMILES string of the molecule is [C-]#[N+][C@H]1CCCN1C(=O)C1CC=C(c2ccc(OCC3CCN(c4nc(C(C)C)no4)CC3)c(F)c2)CC1. The van der Waals surface area contributed by atoms with Gasteiger partial charge >= 0.3 is 12.2 Å². The molecular formula is C29H36FN5O3. The Morgan fingerprint density at radius 2 is 2.05 bits per heavy atom. The highest BCUT2D eigenvalue weighted by Crippen LogP contribution is 2.34. The lowest BCUT2D eigenvalue weighted by atomic mass is 9.85. The second-order valence-corrected chi connectivity index (χ2v) is 11.0. The molecule has 2 aromatic rings. The normalized spacial score (nSPS) is 22.4. The smallest absolute Gasteiger partial charge is 0.324 e. The number of allylic oxidation sites excluding steroid dienone is 2. The van der Waals surface area contributed by atoms with E-state index in [1.807, 2.05) is 19.9 Å². The third kappa shape index (κ3) is 5.69. The standard InChI is InChI=1S/C29H36FN5O3/c1-19(2)27-32-29(38-33-27)34-15-12-20(13-16-34)18-37-25-11-10-23(17-24(25)30)21-6-8-22(9-7-21)28(36)35-14-4-5-26(35)31-3/h6,10-11,17,19-20,22,26H,4-5,7-9,12-16,18H2,1-2H3/t22?,26-/m1/s1. The quantitative estimate of drug-likeness (QED) is 0.437. The summed E-state index contributed by atoms with van der Waals surface area (Å²) in [6.45, 7) is 14.2. The number of piperidine rings is 1. The molecule has 1 aliphatic carbocycles. The number of likely N-dealkylation sites (tertiary alicyclic amines) is 1. The summed E-state index contributed by atoms with van der Waals surface area (Å²) in [7, 11) is 0. The van der Waals surface area contributed by atoms with Crippen molar-refractivity contribution >= 4 is 17.5 Å². The van der Waals surface area contributed by atoms with Crippen molar-refractivity contribution < 1.29 is 18.4 Å². The Kier molecular flexibility index (Phi) is 7.96. The molecule has 2 saturated heterocycles. The van der Waals surface area contributed by atoms with Crippen molar-refractivity contribution in [3.05, 3.63) is 52.9 Å². The number of nitrogens with zero attached hydrogens (tertiary/aromatic N) is 5. The first kappa shape index (κ1) is 26.2. The number of benzene rings is 1. The van der Waals surface area contributed by atoms with Crippen LogP contribution in [0.5, 0.6) is 5.75 Å². The minimum absolute atomic E-state index is 0.0861. The van der Waals surface area contributed by atoms with E-state index in [1.54, 1.807) is 17.0 Å². The number of aromatic nitrogens is 2. The molecule has 1 amide bonds. The molecular weight excluding hydrogens is 485 g/mol. The van der Waals surface area contributed by atoms with Crippen LogP contribution in [0, 0.1) is 24.2 Å². The van der Waals surface area contributed by atoms with Crippen LogP contribution in [0.25, 0.3) is 10.4 Å². The van der Waals surface area contributed by atoms with Gasteiger partial charge in [-0.25, -0.2) is 11.0 Å². The Bertz CT molecular complexity index is 1210. The van der Waals surface area contributed by atoms with Crippen LogP contribution in [0.1, 0.15) is 76.1 Å². The van der Waals surface area contributed by atoms with E-state index >= 15 is 0 Å². The molecule has 5 rings (SSSR count). The van der Waals surface area contributed by atoms with Crippen LogP contribution in [-0.4, -0.2) is 53.4 Å². The zero-order chi connectivity index (χ0) is 26.6. The fourth-order valence-electron chi connectivity index (χ4n) is 5.60. The molecule has 38 heavy (non-hydrogen) atoms. The van der Waals surface area contributed by atoms with Crippen molar-refractivity contribution in [1.29, 1.82) is 0 Å². The maximum absolute atomic E-state index is 14.9. The maximum atomic E-state index is 14.9. The molecule has 8 nitrogen and oxygen atoms in total. The minimum atomic E-state index is -0.358. The molecule has 3 aliphatic rings. The summed E-state index contributed by atoms with van der Waals surface area (Å²) in [5.74, 6) is 1.22. The number of rotatable bonds is 7. The first-order valence-electron chi connectivity index (χ1n) is 13.8. The molecule has 0 N–H and O–H groups in total. The van der Waals surface area contributed by atoms with Gasteiger partial charge < -0.3 is 14.2 Å². The van der Waals surface area contributed by atoms with Gasteiger partial charge in [-0.1, -0.05) is 31.1 Å². The summed E-state index contributed by atoms with van der Waals surface area (Å²) in [6.07, 6.45) is 7.36. The summed E-state index contributed by atoms with van der Waals surface area (Å²) >= 11 is 0. The molecule has 202 valence electrons. The molecule has 2 aliphatic heterocycles. The molecule has 9 heteroatoms.